The molecule has 1 fully saturated rings. The quantitative estimate of drug-likeness (QED) is 0.844. The molecule has 1 saturated heterocycles. The van der Waals surface area contributed by atoms with E-state index in [1.807, 2.05) is 6.92 Å². The summed E-state index contributed by atoms with van der Waals surface area (Å²) >= 11 is 0. The third-order valence-electron chi connectivity index (χ3n) is 3.97. The van der Waals surface area contributed by atoms with Crippen LogP contribution in [0.3, 0.4) is 0 Å². The number of carbonyl (C=O) groups is 1. The number of nitrogens with one attached hydrogen (secondary N) is 1. The van der Waals surface area contributed by atoms with Crippen LogP contribution in [0.4, 0.5) is 10.5 Å². The van der Waals surface area contributed by atoms with E-state index in [1.54, 1.807) is 4.90 Å². The highest BCUT2D eigenvalue weighted by molar-refractivity contribution is 5.85. The van der Waals surface area contributed by atoms with Gasteiger partial charge in [0.2, 0.25) is 0 Å². The number of anilines is 1. The zero-order chi connectivity index (χ0) is 15.2. The summed E-state index contributed by atoms with van der Waals surface area (Å²) in [6.45, 7) is 8.22. The van der Waals surface area contributed by atoms with Gasteiger partial charge in [-0.2, -0.15) is 0 Å². The van der Waals surface area contributed by atoms with Crippen LogP contribution in [0.25, 0.3) is 0 Å². The molecule has 1 aliphatic rings. The van der Waals surface area contributed by atoms with Gasteiger partial charge in [-0.1, -0.05) is 26.0 Å². The van der Waals surface area contributed by atoms with Crippen LogP contribution in [0.15, 0.2) is 24.3 Å². The first-order chi connectivity index (χ1) is 10.1. The molecule has 0 bridgehead atoms. The number of benzene rings is 1. The van der Waals surface area contributed by atoms with Crippen molar-refractivity contribution in [3.63, 3.8) is 0 Å². The molecule has 6 heteroatoms. The molecule has 4 nitrogen and oxygen atoms in total. The Balaban J connectivity index is 0.00000242. The van der Waals surface area contributed by atoms with Gasteiger partial charge in [-0.3, -0.25) is 0 Å². The third kappa shape index (κ3) is 6.48. The fourth-order valence-electron chi connectivity index (χ4n) is 2.62. The molecular formula is C17H28Cl2N2O2. The minimum atomic E-state index is -0.183. The summed E-state index contributed by atoms with van der Waals surface area (Å²) < 4.78 is 5.04. The Morgan fingerprint density at radius 3 is 2.26 bits per heavy atom. The summed E-state index contributed by atoms with van der Waals surface area (Å²) in [6.07, 6.45) is 1.74. The number of amides is 1. The van der Waals surface area contributed by atoms with E-state index in [2.05, 4.69) is 43.4 Å². The molecule has 1 aliphatic heterocycles. The smallest absolute Gasteiger partial charge is 0.409 e. The van der Waals surface area contributed by atoms with Crippen LogP contribution in [0.1, 0.15) is 45.1 Å². The van der Waals surface area contributed by atoms with Gasteiger partial charge in [0.05, 0.1) is 6.61 Å². The van der Waals surface area contributed by atoms with Gasteiger partial charge >= 0.3 is 6.09 Å². The fraction of sp³-hybridized carbons (Fsp3) is 0.588. The maximum Gasteiger partial charge on any atom is 0.409 e. The van der Waals surface area contributed by atoms with Gasteiger partial charge in [-0.15, -0.1) is 24.8 Å². The summed E-state index contributed by atoms with van der Waals surface area (Å²) in [5, 5.41) is 3.56. The molecule has 0 atom stereocenters. The summed E-state index contributed by atoms with van der Waals surface area (Å²) in [6, 6.07) is 9.09. The van der Waals surface area contributed by atoms with Crippen molar-refractivity contribution in [2.45, 2.75) is 45.6 Å². The normalized spacial score (nSPS) is 14.7. The zero-order valence-corrected chi connectivity index (χ0v) is 15.7. The molecule has 1 amide bonds. The van der Waals surface area contributed by atoms with Gasteiger partial charge in [-0.05, 0) is 43.4 Å². The summed E-state index contributed by atoms with van der Waals surface area (Å²) in [4.78, 5) is 13.4. The van der Waals surface area contributed by atoms with Gasteiger partial charge in [0.1, 0.15) is 0 Å². The number of hydrogen-bond donors (Lipinski definition) is 1. The van der Waals surface area contributed by atoms with E-state index in [0.717, 1.165) is 31.6 Å². The van der Waals surface area contributed by atoms with Crippen molar-refractivity contribution in [3.8, 4) is 0 Å². The summed E-state index contributed by atoms with van der Waals surface area (Å²) in [7, 11) is 0. The Hall–Kier alpha value is -1.13. The first kappa shape index (κ1) is 21.9. The van der Waals surface area contributed by atoms with Gasteiger partial charge in [0.15, 0.2) is 0 Å². The Kier molecular flexibility index (Phi) is 10.1. The second-order valence-corrected chi connectivity index (χ2v) is 5.88. The first-order valence-electron chi connectivity index (χ1n) is 7.88. The molecule has 0 radical (unpaired) electrons. The molecule has 1 aromatic rings. The van der Waals surface area contributed by atoms with Gasteiger partial charge < -0.3 is 15.0 Å². The predicted octanol–water partition coefficient (Wildman–Crippen LogP) is 4.69. The van der Waals surface area contributed by atoms with Gasteiger partial charge in [-0.25, -0.2) is 4.79 Å². The van der Waals surface area contributed by atoms with Crippen molar-refractivity contribution in [1.82, 2.24) is 4.90 Å². The monoisotopic (exact) mass is 362 g/mol. The molecule has 2 rings (SSSR count). The maximum atomic E-state index is 11.6. The topological polar surface area (TPSA) is 41.6 Å². The van der Waals surface area contributed by atoms with Crippen molar-refractivity contribution in [3.05, 3.63) is 29.8 Å². The largest absolute Gasteiger partial charge is 0.450 e. The van der Waals surface area contributed by atoms with E-state index in [1.165, 1.54) is 5.56 Å². The number of piperidine rings is 1. The molecule has 0 unspecified atom stereocenters. The lowest BCUT2D eigenvalue weighted by atomic mass is 10.0. The van der Waals surface area contributed by atoms with E-state index in [-0.39, 0.29) is 30.9 Å². The maximum absolute atomic E-state index is 11.6. The van der Waals surface area contributed by atoms with Crippen molar-refractivity contribution in [2.75, 3.05) is 25.0 Å². The van der Waals surface area contributed by atoms with E-state index in [0.29, 0.717) is 18.6 Å². The number of hydrogen-bond acceptors (Lipinski definition) is 3. The van der Waals surface area contributed by atoms with E-state index >= 15 is 0 Å². The molecule has 1 aromatic carbocycles. The highest BCUT2D eigenvalue weighted by Gasteiger charge is 2.23. The Morgan fingerprint density at radius 1 is 1.22 bits per heavy atom. The SMILES string of the molecule is CCOC(=O)N1CCC(Nc2ccc(C(C)C)cc2)CC1.Cl.Cl. The first-order valence-corrected chi connectivity index (χ1v) is 7.88. The van der Waals surface area contributed by atoms with Crippen LogP contribution in [0.5, 0.6) is 0 Å². The van der Waals surface area contributed by atoms with Crippen LogP contribution in [0.2, 0.25) is 0 Å². The molecule has 1 N–H and O–H groups in total. The standard InChI is InChI=1S/C17H26N2O2.2ClH/c1-4-21-17(20)19-11-9-16(10-12-19)18-15-7-5-14(6-8-15)13(2)3;;/h5-8,13,16,18H,4,9-12H2,1-3H3;2*1H. The average molecular weight is 363 g/mol. The summed E-state index contributed by atoms with van der Waals surface area (Å²) in [5.41, 5.74) is 2.52. The summed E-state index contributed by atoms with van der Waals surface area (Å²) in [5.74, 6) is 0.562. The Labute approximate surface area is 151 Å². The van der Waals surface area contributed by atoms with Gasteiger partial charge in [0, 0.05) is 24.8 Å². The van der Waals surface area contributed by atoms with Crippen LogP contribution in [-0.4, -0.2) is 36.7 Å². The number of likely N-dealkylation sites (tertiary alicyclic amines) is 1. The molecule has 132 valence electrons. The van der Waals surface area contributed by atoms with Crippen LogP contribution >= 0.6 is 24.8 Å². The molecule has 0 aromatic heterocycles. The van der Waals surface area contributed by atoms with E-state index in [4.69, 9.17) is 4.74 Å². The highest BCUT2D eigenvalue weighted by Crippen LogP contribution is 2.20. The number of nitrogens with zero attached hydrogens (tertiary/aromatic N) is 1. The minimum Gasteiger partial charge on any atom is -0.450 e. The molecule has 0 spiro atoms. The zero-order valence-electron chi connectivity index (χ0n) is 14.1. The van der Waals surface area contributed by atoms with E-state index < -0.39 is 0 Å². The number of halogens is 2. The predicted molar refractivity (Wildman–Crippen MR) is 100 cm³/mol. The molecule has 0 aliphatic carbocycles. The van der Waals surface area contributed by atoms with Crippen LogP contribution < -0.4 is 5.32 Å². The van der Waals surface area contributed by atoms with Crippen LogP contribution in [0, 0.1) is 0 Å². The lowest BCUT2D eigenvalue weighted by Gasteiger charge is -2.32. The third-order valence-corrected chi connectivity index (χ3v) is 3.97. The number of rotatable bonds is 4. The Bertz CT molecular complexity index is 458. The van der Waals surface area contributed by atoms with E-state index in [9.17, 15) is 4.79 Å². The van der Waals surface area contributed by atoms with Crippen molar-refractivity contribution in [2.24, 2.45) is 0 Å². The lowest BCUT2D eigenvalue weighted by Crippen LogP contribution is -2.42. The van der Waals surface area contributed by atoms with Crippen molar-refractivity contribution >= 4 is 36.6 Å². The van der Waals surface area contributed by atoms with Crippen LogP contribution in [-0.2, 0) is 4.74 Å². The molecule has 1 heterocycles. The second-order valence-electron chi connectivity index (χ2n) is 5.88. The lowest BCUT2D eigenvalue weighted by molar-refractivity contribution is 0.0983. The average Bonchev–Trinajstić information content (AvgIpc) is 2.49. The Morgan fingerprint density at radius 2 is 1.78 bits per heavy atom. The van der Waals surface area contributed by atoms with Crippen molar-refractivity contribution < 1.29 is 9.53 Å². The highest BCUT2D eigenvalue weighted by atomic mass is 35.5. The number of ether oxygens (including phenoxy) is 1. The minimum absolute atomic E-state index is 0. The molecule has 23 heavy (non-hydrogen) atoms. The molecular weight excluding hydrogens is 335 g/mol. The second kappa shape index (κ2) is 10.6. The fourth-order valence-corrected chi connectivity index (χ4v) is 2.62. The molecule has 0 saturated carbocycles. The van der Waals surface area contributed by atoms with Crippen molar-refractivity contribution in [1.29, 1.82) is 0 Å². The number of carbonyl (C=O) groups excluding carboxylic acids is 1. The van der Waals surface area contributed by atoms with Gasteiger partial charge in [0.25, 0.3) is 0 Å².